The molecule has 0 aliphatic rings. The highest BCUT2D eigenvalue weighted by molar-refractivity contribution is 9.11. The van der Waals surface area contributed by atoms with E-state index < -0.39 is 0 Å². The van der Waals surface area contributed by atoms with Crippen LogP contribution in [0.2, 0.25) is 0 Å². The van der Waals surface area contributed by atoms with Gasteiger partial charge in [0.1, 0.15) is 5.82 Å². The van der Waals surface area contributed by atoms with Crippen LogP contribution < -0.4 is 5.32 Å². The van der Waals surface area contributed by atoms with E-state index in [2.05, 4.69) is 75.1 Å². The van der Waals surface area contributed by atoms with Crippen LogP contribution in [0.3, 0.4) is 0 Å². The minimum Gasteiger partial charge on any atom is -0.369 e. The second kappa shape index (κ2) is 7.36. The summed E-state index contributed by atoms with van der Waals surface area (Å²) in [6, 6.07) is 6.18. The maximum atomic E-state index is 4.75. The third-order valence-corrected chi connectivity index (χ3v) is 4.51. The molecule has 2 aromatic rings. The molecule has 3 nitrogen and oxygen atoms in total. The average molecular weight is 413 g/mol. The molecule has 1 N–H and O–H groups in total. The van der Waals surface area contributed by atoms with E-state index in [9.17, 15) is 0 Å². The van der Waals surface area contributed by atoms with Gasteiger partial charge in [-0.15, -0.1) is 0 Å². The van der Waals surface area contributed by atoms with Crippen molar-refractivity contribution in [2.45, 2.75) is 33.6 Å². The number of benzene rings is 1. The van der Waals surface area contributed by atoms with Crippen LogP contribution in [0.25, 0.3) is 11.4 Å². The first-order chi connectivity index (χ1) is 10.1. The third-order valence-electron chi connectivity index (χ3n) is 3.18. The predicted octanol–water partition coefficient (Wildman–Crippen LogP) is 5.36. The molecule has 0 atom stereocenters. The highest BCUT2D eigenvalue weighted by Crippen LogP contribution is 2.30. The summed E-state index contributed by atoms with van der Waals surface area (Å²) in [5.74, 6) is 1.65. The molecule has 0 amide bonds. The van der Waals surface area contributed by atoms with Gasteiger partial charge in [-0.1, -0.05) is 29.3 Å². The molecule has 1 aromatic heterocycles. The fourth-order valence-corrected chi connectivity index (χ4v) is 3.17. The van der Waals surface area contributed by atoms with Crippen LogP contribution in [0.5, 0.6) is 0 Å². The zero-order chi connectivity index (χ0) is 15.4. The SMILES string of the molecule is CCCc1nc(-c2ccc(Br)cc2C)nc(NCC)c1Br. The first kappa shape index (κ1) is 16.4. The molecule has 21 heavy (non-hydrogen) atoms. The van der Waals surface area contributed by atoms with Crippen LogP contribution in [-0.2, 0) is 6.42 Å². The number of halogens is 2. The number of rotatable bonds is 5. The van der Waals surface area contributed by atoms with Crippen LogP contribution in [-0.4, -0.2) is 16.5 Å². The monoisotopic (exact) mass is 411 g/mol. The topological polar surface area (TPSA) is 37.8 Å². The van der Waals surface area contributed by atoms with E-state index in [1.165, 1.54) is 0 Å². The van der Waals surface area contributed by atoms with Gasteiger partial charge in [0.25, 0.3) is 0 Å². The Kier molecular flexibility index (Phi) is 5.76. The summed E-state index contributed by atoms with van der Waals surface area (Å²) in [5.41, 5.74) is 3.29. The molecule has 0 radical (unpaired) electrons. The Labute approximate surface area is 142 Å². The molecule has 0 unspecified atom stereocenters. The van der Waals surface area contributed by atoms with Crippen molar-refractivity contribution < 1.29 is 0 Å². The Morgan fingerprint density at radius 2 is 1.90 bits per heavy atom. The summed E-state index contributed by atoms with van der Waals surface area (Å²) in [6.45, 7) is 7.14. The quantitative estimate of drug-likeness (QED) is 0.717. The minimum absolute atomic E-state index is 0.780. The lowest BCUT2D eigenvalue weighted by Crippen LogP contribution is -2.06. The summed E-state index contributed by atoms with van der Waals surface area (Å²) in [5, 5.41) is 3.31. The normalized spacial score (nSPS) is 10.7. The number of anilines is 1. The van der Waals surface area contributed by atoms with Crippen molar-refractivity contribution in [3.63, 3.8) is 0 Å². The van der Waals surface area contributed by atoms with Crippen LogP contribution in [0.1, 0.15) is 31.5 Å². The molecular formula is C16H19Br2N3. The third kappa shape index (κ3) is 3.83. The second-order valence-electron chi connectivity index (χ2n) is 4.90. The number of nitrogens with zero attached hydrogens (tertiary/aromatic N) is 2. The lowest BCUT2D eigenvalue weighted by molar-refractivity contribution is 0.867. The van der Waals surface area contributed by atoms with Crippen LogP contribution >= 0.6 is 31.9 Å². The first-order valence-corrected chi connectivity index (χ1v) is 8.72. The predicted molar refractivity (Wildman–Crippen MR) is 95.8 cm³/mol. The van der Waals surface area contributed by atoms with Gasteiger partial charge >= 0.3 is 0 Å². The van der Waals surface area contributed by atoms with Gasteiger partial charge in [-0.2, -0.15) is 0 Å². The van der Waals surface area contributed by atoms with Crippen LogP contribution in [0.4, 0.5) is 5.82 Å². The van der Waals surface area contributed by atoms with Gasteiger partial charge < -0.3 is 5.32 Å². The van der Waals surface area contributed by atoms with Gasteiger partial charge in [0, 0.05) is 16.6 Å². The maximum absolute atomic E-state index is 4.75. The van der Waals surface area contributed by atoms with Crippen molar-refractivity contribution in [2.75, 3.05) is 11.9 Å². The molecule has 0 saturated heterocycles. The van der Waals surface area contributed by atoms with Crippen molar-refractivity contribution in [1.82, 2.24) is 9.97 Å². The van der Waals surface area contributed by atoms with E-state index in [1.807, 2.05) is 6.07 Å². The molecule has 0 bridgehead atoms. The lowest BCUT2D eigenvalue weighted by atomic mass is 10.1. The molecular weight excluding hydrogens is 394 g/mol. The molecule has 0 aliphatic carbocycles. The van der Waals surface area contributed by atoms with Gasteiger partial charge in [0.05, 0.1) is 10.2 Å². The molecule has 1 aromatic carbocycles. The zero-order valence-electron chi connectivity index (χ0n) is 12.5. The number of hydrogen-bond acceptors (Lipinski definition) is 3. The highest BCUT2D eigenvalue weighted by atomic mass is 79.9. The molecule has 5 heteroatoms. The molecule has 0 fully saturated rings. The van der Waals surface area contributed by atoms with E-state index in [0.29, 0.717) is 0 Å². The highest BCUT2D eigenvalue weighted by Gasteiger charge is 2.14. The first-order valence-electron chi connectivity index (χ1n) is 7.13. The van der Waals surface area contributed by atoms with Gasteiger partial charge in [-0.3, -0.25) is 0 Å². The fraction of sp³-hybridized carbons (Fsp3) is 0.375. The fourth-order valence-electron chi connectivity index (χ4n) is 2.18. The van der Waals surface area contributed by atoms with E-state index in [0.717, 1.165) is 56.8 Å². The molecule has 2 rings (SSSR count). The van der Waals surface area contributed by atoms with Crippen LogP contribution in [0, 0.1) is 6.92 Å². The molecule has 0 spiro atoms. The van der Waals surface area contributed by atoms with E-state index >= 15 is 0 Å². The van der Waals surface area contributed by atoms with Crippen molar-refractivity contribution in [1.29, 1.82) is 0 Å². The van der Waals surface area contributed by atoms with E-state index in [1.54, 1.807) is 0 Å². The number of aromatic nitrogens is 2. The Balaban J connectivity index is 2.56. The summed E-state index contributed by atoms with van der Waals surface area (Å²) >= 11 is 7.12. The maximum Gasteiger partial charge on any atom is 0.162 e. The number of hydrogen-bond donors (Lipinski definition) is 1. The molecule has 0 aliphatic heterocycles. The standard InChI is InChI=1S/C16H19Br2N3/c1-4-6-13-14(18)16(19-5-2)21-15(20-13)12-8-7-11(17)9-10(12)3/h7-9H,4-6H2,1-3H3,(H,19,20,21). The van der Waals surface area contributed by atoms with Gasteiger partial charge in [-0.25, -0.2) is 9.97 Å². The summed E-state index contributed by atoms with van der Waals surface area (Å²) in [6.07, 6.45) is 1.99. The van der Waals surface area contributed by atoms with Crippen molar-refractivity contribution in [3.05, 3.63) is 38.4 Å². The van der Waals surface area contributed by atoms with Crippen molar-refractivity contribution in [2.24, 2.45) is 0 Å². The molecule has 0 saturated carbocycles. The Morgan fingerprint density at radius 3 is 2.52 bits per heavy atom. The Morgan fingerprint density at radius 1 is 1.14 bits per heavy atom. The van der Waals surface area contributed by atoms with Crippen molar-refractivity contribution >= 4 is 37.7 Å². The summed E-state index contributed by atoms with van der Waals surface area (Å²) < 4.78 is 2.05. The average Bonchev–Trinajstić information content (AvgIpc) is 2.43. The van der Waals surface area contributed by atoms with Gasteiger partial charge in [0.2, 0.25) is 0 Å². The van der Waals surface area contributed by atoms with Gasteiger partial charge in [-0.05, 0) is 60.0 Å². The Bertz CT molecular complexity index is 614. The van der Waals surface area contributed by atoms with E-state index in [4.69, 9.17) is 4.98 Å². The minimum atomic E-state index is 0.780. The Hall–Kier alpha value is -0.940. The molecule has 1 heterocycles. The summed E-state index contributed by atoms with van der Waals surface area (Å²) in [7, 11) is 0. The van der Waals surface area contributed by atoms with Crippen LogP contribution in [0.15, 0.2) is 27.1 Å². The molecule has 112 valence electrons. The number of nitrogens with one attached hydrogen (secondary N) is 1. The smallest absolute Gasteiger partial charge is 0.162 e. The largest absolute Gasteiger partial charge is 0.369 e. The lowest BCUT2D eigenvalue weighted by Gasteiger charge is -2.13. The van der Waals surface area contributed by atoms with E-state index in [-0.39, 0.29) is 0 Å². The zero-order valence-corrected chi connectivity index (χ0v) is 15.7. The van der Waals surface area contributed by atoms with Crippen molar-refractivity contribution in [3.8, 4) is 11.4 Å². The second-order valence-corrected chi connectivity index (χ2v) is 6.60. The van der Waals surface area contributed by atoms with Gasteiger partial charge in [0.15, 0.2) is 5.82 Å². The number of aryl methyl sites for hydroxylation is 2. The summed E-state index contributed by atoms with van der Waals surface area (Å²) in [4.78, 5) is 9.43.